The molecule has 118 valence electrons. The Hall–Kier alpha value is -2.37. The van der Waals surface area contributed by atoms with Gasteiger partial charge >= 0.3 is 12.1 Å². The number of carbonyl (C=O) groups is 3. The number of ketones is 1. The van der Waals surface area contributed by atoms with E-state index in [9.17, 15) is 14.4 Å². The first-order chi connectivity index (χ1) is 10.6. The number of esters is 1. The molecule has 0 spiro atoms. The lowest BCUT2D eigenvalue weighted by atomic mass is 9.80. The third kappa shape index (κ3) is 4.07. The van der Waals surface area contributed by atoms with E-state index in [1.165, 1.54) is 0 Å². The molecular formula is C16H19NO5. The van der Waals surface area contributed by atoms with Crippen LogP contribution in [0.2, 0.25) is 0 Å². The Kier molecular flexibility index (Phi) is 5.52. The highest BCUT2D eigenvalue weighted by Gasteiger charge is 2.37. The van der Waals surface area contributed by atoms with Crippen LogP contribution in [0.4, 0.5) is 4.79 Å². The number of para-hydroxylation sites is 1. The highest BCUT2D eigenvalue weighted by Crippen LogP contribution is 2.28. The fraction of sp³-hybridized carbons (Fsp3) is 0.438. The van der Waals surface area contributed by atoms with Crippen molar-refractivity contribution in [2.24, 2.45) is 5.92 Å². The van der Waals surface area contributed by atoms with E-state index in [-0.39, 0.29) is 18.3 Å². The molecule has 1 fully saturated rings. The lowest BCUT2D eigenvalue weighted by Gasteiger charge is -2.27. The molecule has 0 radical (unpaired) electrons. The van der Waals surface area contributed by atoms with Crippen molar-refractivity contribution in [3.8, 4) is 5.75 Å². The quantitative estimate of drug-likeness (QED) is 0.643. The van der Waals surface area contributed by atoms with Crippen LogP contribution in [0.25, 0.3) is 0 Å². The van der Waals surface area contributed by atoms with Gasteiger partial charge in [-0.25, -0.2) is 9.59 Å². The summed E-state index contributed by atoms with van der Waals surface area (Å²) in [6.07, 6.45) is 1.59. The molecule has 0 aliphatic heterocycles. The summed E-state index contributed by atoms with van der Waals surface area (Å²) in [4.78, 5) is 36.0. The number of nitrogens with one attached hydrogen (secondary N) is 1. The zero-order valence-electron chi connectivity index (χ0n) is 12.4. The molecule has 6 nitrogen and oxygen atoms in total. The van der Waals surface area contributed by atoms with E-state index in [1.807, 2.05) is 0 Å². The molecule has 1 aromatic carbocycles. The van der Waals surface area contributed by atoms with E-state index >= 15 is 0 Å². The average molecular weight is 305 g/mol. The second-order valence-corrected chi connectivity index (χ2v) is 5.06. The first kappa shape index (κ1) is 16.0. The van der Waals surface area contributed by atoms with Gasteiger partial charge in [-0.2, -0.15) is 0 Å². The Labute approximate surface area is 128 Å². The molecule has 0 aromatic heterocycles. The Morgan fingerprint density at radius 2 is 1.91 bits per heavy atom. The van der Waals surface area contributed by atoms with Gasteiger partial charge in [0.25, 0.3) is 0 Å². The summed E-state index contributed by atoms with van der Waals surface area (Å²) in [6, 6.07) is 7.11. The maximum absolute atomic E-state index is 12.3. The van der Waals surface area contributed by atoms with Crippen LogP contribution in [0.5, 0.6) is 5.75 Å². The van der Waals surface area contributed by atoms with Gasteiger partial charge in [0.05, 0.1) is 6.61 Å². The van der Waals surface area contributed by atoms with E-state index in [4.69, 9.17) is 9.47 Å². The largest absolute Gasteiger partial charge is 0.464 e. The van der Waals surface area contributed by atoms with Crippen LogP contribution in [0.15, 0.2) is 30.3 Å². The minimum Gasteiger partial charge on any atom is -0.464 e. The summed E-state index contributed by atoms with van der Waals surface area (Å²) >= 11 is 0. The number of carbonyl (C=O) groups excluding carboxylic acids is 3. The predicted octanol–water partition coefficient (Wildman–Crippen LogP) is 2.08. The topological polar surface area (TPSA) is 81.7 Å². The van der Waals surface area contributed by atoms with Crippen LogP contribution < -0.4 is 10.1 Å². The Morgan fingerprint density at radius 1 is 1.23 bits per heavy atom. The average Bonchev–Trinajstić information content (AvgIpc) is 2.44. The number of ether oxygens (including phenoxy) is 2. The summed E-state index contributed by atoms with van der Waals surface area (Å²) in [5, 5.41) is 2.31. The summed E-state index contributed by atoms with van der Waals surface area (Å²) in [5.74, 6) is -0.913. The minimum absolute atomic E-state index is 0.142. The second kappa shape index (κ2) is 7.59. The van der Waals surface area contributed by atoms with Crippen molar-refractivity contribution < 1.29 is 23.9 Å². The smallest absolute Gasteiger partial charge is 0.413 e. The molecule has 1 aromatic rings. The number of hydrogen-bond acceptors (Lipinski definition) is 5. The molecule has 0 heterocycles. The van der Waals surface area contributed by atoms with Gasteiger partial charge in [-0.1, -0.05) is 24.6 Å². The fourth-order valence-electron chi connectivity index (χ4n) is 2.14. The molecule has 1 atom stereocenters. The van der Waals surface area contributed by atoms with Crippen molar-refractivity contribution in [1.29, 1.82) is 0 Å². The van der Waals surface area contributed by atoms with E-state index < -0.39 is 18.1 Å². The second-order valence-electron chi connectivity index (χ2n) is 5.06. The standard InChI is InChI=1S/C16H19NO5/c1-2-21-15(19)13(14(18)11-7-6-8-11)17-16(20)22-12-9-4-3-5-10-12/h3-5,9-11,13H,2,6-8H2,1H3,(H,17,20). The first-order valence-electron chi connectivity index (χ1n) is 7.35. The molecule has 1 amide bonds. The molecular weight excluding hydrogens is 286 g/mol. The third-order valence-electron chi connectivity index (χ3n) is 3.53. The van der Waals surface area contributed by atoms with E-state index in [0.29, 0.717) is 5.75 Å². The lowest BCUT2D eigenvalue weighted by Crippen LogP contribution is -2.51. The maximum atomic E-state index is 12.3. The molecule has 0 bridgehead atoms. The van der Waals surface area contributed by atoms with Gasteiger partial charge in [-0.3, -0.25) is 4.79 Å². The zero-order valence-corrected chi connectivity index (χ0v) is 12.4. The van der Waals surface area contributed by atoms with E-state index in [0.717, 1.165) is 19.3 Å². The highest BCUT2D eigenvalue weighted by molar-refractivity contribution is 6.06. The molecule has 1 aliphatic carbocycles. The van der Waals surface area contributed by atoms with Gasteiger partial charge in [0, 0.05) is 5.92 Å². The number of amides is 1. The van der Waals surface area contributed by atoms with Gasteiger partial charge < -0.3 is 14.8 Å². The molecule has 22 heavy (non-hydrogen) atoms. The zero-order chi connectivity index (χ0) is 15.9. The van der Waals surface area contributed by atoms with Gasteiger partial charge in [0.2, 0.25) is 0 Å². The fourth-order valence-corrected chi connectivity index (χ4v) is 2.14. The van der Waals surface area contributed by atoms with Crippen LogP contribution in [-0.4, -0.2) is 30.5 Å². The van der Waals surface area contributed by atoms with Gasteiger partial charge in [-0.05, 0) is 31.9 Å². The Balaban J connectivity index is 2.00. The summed E-state index contributed by atoms with van der Waals surface area (Å²) in [5.41, 5.74) is 0. The molecule has 1 aliphatic rings. The number of rotatable bonds is 6. The lowest BCUT2D eigenvalue weighted by molar-refractivity contribution is -0.150. The van der Waals surface area contributed by atoms with Gasteiger partial charge in [-0.15, -0.1) is 0 Å². The number of hydrogen-bond donors (Lipinski definition) is 1. The summed E-state index contributed by atoms with van der Waals surface area (Å²) in [6.45, 7) is 1.79. The highest BCUT2D eigenvalue weighted by atomic mass is 16.6. The van der Waals surface area contributed by atoms with Crippen molar-refractivity contribution in [1.82, 2.24) is 5.32 Å². The van der Waals surface area contributed by atoms with Gasteiger partial charge in [0.15, 0.2) is 11.8 Å². The van der Waals surface area contributed by atoms with Crippen molar-refractivity contribution in [3.05, 3.63) is 30.3 Å². The van der Waals surface area contributed by atoms with E-state index in [1.54, 1.807) is 37.3 Å². The summed E-state index contributed by atoms with van der Waals surface area (Å²) in [7, 11) is 0. The Morgan fingerprint density at radius 3 is 2.45 bits per heavy atom. The van der Waals surface area contributed by atoms with Crippen LogP contribution in [-0.2, 0) is 14.3 Å². The third-order valence-corrected chi connectivity index (χ3v) is 3.53. The van der Waals surface area contributed by atoms with Crippen molar-refractivity contribution in [3.63, 3.8) is 0 Å². The molecule has 1 saturated carbocycles. The molecule has 1 N–H and O–H groups in total. The number of benzene rings is 1. The summed E-state index contributed by atoms with van der Waals surface area (Å²) < 4.78 is 9.91. The van der Waals surface area contributed by atoms with E-state index in [2.05, 4.69) is 5.32 Å². The predicted molar refractivity (Wildman–Crippen MR) is 78.4 cm³/mol. The monoisotopic (exact) mass is 305 g/mol. The van der Waals surface area contributed by atoms with Gasteiger partial charge in [0.1, 0.15) is 5.75 Å². The molecule has 2 rings (SSSR count). The first-order valence-corrected chi connectivity index (χ1v) is 7.35. The van der Waals surface area contributed by atoms with Crippen molar-refractivity contribution in [2.45, 2.75) is 32.2 Å². The van der Waals surface area contributed by atoms with Crippen LogP contribution in [0.1, 0.15) is 26.2 Å². The van der Waals surface area contributed by atoms with Crippen LogP contribution in [0, 0.1) is 5.92 Å². The molecule has 0 saturated heterocycles. The maximum Gasteiger partial charge on any atom is 0.413 e. The van der Waals surface area contributed by atoms with Crippen molar-refractivity contribution in [2.75, 3.05) is 6.61 Å². The SMILES string of the molecule is CCOC(=O)C(NC(=O)Oc1ccccc1)C(=O)C1CCC1. The minimum atomic E-state index is -1.30. The van der Waals surface area contributed by atoms with Crippen molar-refractivity contribution >= 4 is 17.8 Å². The van der Waals surface area contributed by atoms with Crippen LogP contribution in [0.3, 0.4) is 0 Å². The molecule has 6 heteroatoms. The van der Waals surface area contributed by atoms with Crippen LogP contribution >= 0.6 is 0 Å². The molecule has 1 unspecified atom stereocenters. The normalized spacial score (nSPS) is 15.3. The number of Topliss-reactive ketones (excluding diaryl/α,β-unsaturated/α-hetero) is 1. The Bertz CT molecular complexity index is 539.